The zero-order valence-electron chi connectivity index (χ0n) is 18.9. The first-order valence-electron chi connectivity index (χ1n) is 10.00. The highest BCUT2D eigenvalue weighted by atomic mass is 35.5. The third-order valence-corrected chi connectivity index (χ3v) is 5.44. The zero-order chi connectivity index (χ0) is 28.8. The molecule has 38 heavy (non-hydrogen) atoms. The molecule has 2 aromatic carbocycles. The summed E-state index contributed by atoms with van der Waals surface area (Å²) in [5, 5.41) is 0.581. The number of nitrogens with one attached hydrogen (secondary N) is 1. The molecule has 3 aromatic rings. The molecule has 0 aliphatic heterocycles. The van der Waals surface area contributed by atoms with Gasteiger partial charge in [-0.25, -0.2) is 14.3 Å². The molecular weight excluding hydrogens is 561 g/mol. The second-order valence-corrected chi connectivity index (χ2v) is 8.01. The average Bonchev–Trinajstić information content (AvgIpc) is 2.78. The number of carbonyl (C=O) groups excluding carboxylic acids is 1. The van der Waals surface area contributed by atoms with Crippen LogP contribution in [0.15, 0.2) is 41.2 Å². The third-order valence-electron chi connectivity index (χ3n) is 5.03. The minimum atomic E-state index is -5.39. The van der Waals surface area contributed by atoms with Crippen LogP contribution < -0.4 is 10.9 Å². The molecule has 1 N–H and O–H groups in total. The Hall–Kier alpha value is -3.75. The molecule has 0 amide bonds. The number of benzene rings is 2. The maximum Gasteiger partial charge on any atom is 0.433 e. The summed E-state index contributed by atoms with van der Waals surface area (Å²) in [5.41, 5.74) is -8.45. The lowest BCUT2D eigenvalue weighted by molar-refractivity contribution is -0.143. The molecule has 1 aromatic heterocycles. The van der Waals surface area contributed by atoms with Gasteiger partial charge in [-0.05, 0) is 36.8 Å². The fourth-order valence-corrected chi connectivity index (χ4v) is 3.51. The largest absolute Gasteiger partial charge is 0.465 e. The summed E-state index contributed by atoms with van der Waals surface area (Å²) in [5.74, 6) is -2.05. The second-order valence-electron chi connectivity index (χ2n) is 7.64. The minimum Gasteiger partial charge on any atom is -0.465 e. The van der Waals surface area contributed by atoms with Gasteiger partial charge < -0.3 is 10.1 Å². The number of alkyl halides is 9. The van der Waals surface area contributed by atoms with Crippen molar-refractivity contribution in [1.29, 1.82) is 0 Å². The Morgan fingerprint density at radius 2 is 1.58 bits per heavy atom. The summed E-state index contributed by atoms with van der Waals surface area (Å²) in [6.07, 6.45) is -15.9. The van der Waals surface area contributed by atoms with Crippen LogP contribution in [0.5, 0.6) is 0 Å². The van der Waals surface area contributed by atoms with Crippen molar-refractivity contribution in [2.75, 3.05) is 12.4 Å². The lowest BCUT2D eigenvalue weighted by atomic mass is 10.1. The van der Waals surface area contributed by atoms with E-state index in [4.69, 9.17) is 11.6 Å². The van der Waals surface area contributed by atoms with Gasteiger partial charge in [0.1, 0.15) is 0 Å². The van der Waals surface area contributed by atoms with Gasteiger partial charge in [-0.1, -0.05) is 17.7 Å². The number of methoxy groups -OCH3 is 1. The van der Waals surface area contributed by atoms with Gasteiger partial charge >= 0.3 is 24.5 Å². The van der Waals surface area contributed by atoms with Crippen LogP contribution in [0.3, 0.4) is 0 Å². The Bertz CT molecular complexity index is 1460. The van der Waals surface area contributed by atoms with E-state index in [1.165, 1.54) is 19.1 Å². The number of ether oxygens (including phenoxy) is 1. The Kier molecular flexibility index (Phi) is 7.47. The van der Waals surface area contributed by atoms with Crippen molar-refractivity contribution in [1.82, 2.24) is 9.55 Å². The van der Waals surface area contributed by atoms with Crippen LogP contribution in [-0.2, 0) is 23.3 Å². The molecule has 0 atom stereocenters. The predicted octanol–water partition coefficient (Wildman–Crippen LogP) is 6.78. The van der Waals surface area contributed by atoms with Crippen LogP contribution in [0.2, 0.25) is 5.02 Å². The van der Waals surface area contributed by atoms with Crippen LogP contribution in [0, 0.1) is 6.92 Å². The first-order valence-corrected chi connectivity index (χ1v) is 10.4. The van der Waals surface area contributed by atoms with Crippen LogP contribution in [0.25, 0.3) is 5.69 Å². The van der Waals surface area contributed by atoms with Gasteiger partial charge in [-0.15, -0.1) is 0 Å². The summed E-state index contributed by atoms with van der Waals surface area (Å²) < 4.78 is 126. The summed E-state index contributed by atoms with van der Waals surface area (Å²) >= 11 is 5.70. The fourth-order valence-electron chi connectivity index (χ4n) is 3.25. The number of rotatable bonds is 4. The molecule has 0 saturated carbocycles. The van der Waals surface area contributed by atoms with Gasteiger partial charge in [0.2, 0.25) is 5.95 Å². The Labute approximate surface area is 211 Å². The smallest absolute Gasteiger partial charge is 0.433 e. The van der Waals surface area contributed by atoms with Crippen LogP contribution >= 0.6 is 11.6 Å². The number of esters is 1. The van der Waals surface area contributed by atoms with E-state index >= 15 is 0 Å². The standard InChI is InChI=1S/C22H13ClF9N3O3/c1-9-3-4-10(18(37)38-2)5-14(9)35-16(36)8-15(22(30,31)32)34-19(35)33-13-7-11(20(24,25)26)6-12(17(13)23)21(27,28)29/h3-8H,1-2H3,(H,33,34). The molecule has 3 rings (SSSR count). The van der Waals surface area contributed by atoms with Gasteiger partial charge in [0.05, 0.1) is 40.2 Å². The first-order chi connectivity index (χ1) is 17.3. The van der Waals surface area contributed by atoms with Crippen molar-refractivity contribution < 1.29 is 49.0 Å². The molecule has 0 aliphatic carbocycles. The molecule has 0 unspecified atom stereocenters. The predicted molar refractivity (Wildman–Crippen MR) is 116 cm³/mol. The van der Waals surface area contributed by atoms with Gasteiger partial charge in [0.15, 0.2) is 5.69 Å². The van der Waals surface area contributed by atoms with Crippen LogP contribution in [0.1, 0.15) is 32.7 Å². The van der Waals surface area contributed by atoms with Crippen molar-refractivity contribution in [3.05, 3.63) is 79.7 Å². The molecular formula is C22H13ClF9N3O3. The van der Waals surface area contributed by atoms with Crippen LogP contribution in [-0.4, -0.2) is 22.6 Å². The molecule has 0 bridgehead atoms. The lowest BCUT2D eigenvalue weighted by Gasteiger charge is -2.20. The van der Waals surface area contributed by atoms with E-state index in [-0.39, 0.29) is 35.0 Å². The summed E-state index contributed by atoms with van der Waals surface area (Å²) in [6.45, 7) is 1.36. The topological polar surface area (TPSA) is 73.2 Å². The SMILES string of the molecule is COC(=O)c1ccc(C)c(-n2c(Nc3cc(C(F)(F)F)cc(C(F)(F)F)c3Cl)nc(C(F)(F)F)cc2=O)c1. The number of aryl methyl sites for hydroxylation is 1. The van der Waals surface area contributed by atoms with E-state index in [1.807, 2.05) is 5.32 Å². The molecule has 0 saturated heterocycles. The molecule has 1 heterocycles. The molecule has 16 heteroatoms. The van der Waals surface area contributed by atoms with E-state index < -0.39 is 63.5 Å². The third kappa shape index (κ3) is 5.87. The zero-order valence-corrected chi connectivity index (χ0v) is 19.6. The highest BCUT2D eigenvalue weighted by Crippen LogP contribution is 2.43. The highest BCUT2D eigenvalue weighted by molar-refractivity contribution is 6.34. The number of hydrogen-bond donors (Lipinski definition) is 1. The number of nitrogens with zero attached hydrogens (tertiary/aromatic N) is 2. The van der Waals surface area contributed by atoms with E-state index in [9.17, 15) is 49.1 Å². The maximum atomic E-state index is 13.4. The quantitative estimate of drug-likeness (QED) is 0.275. The van der Waals surface area contributed by atoms with E-state index in [0.717, 1.165) is 13.2 Å². The van der Waals surface area contributed by atoms with Crippen molar-refractivity contribution in [3.8, 4) is 5.69 Å². The monoisotopic (exact) mass is 573 g/mol. The molecule has 6 nitrogen and oxygen atoms in total. The van der Waals surface area contributed by atoms with Crippen molar-refractivity contribution in [2.24, 2.45) is 0 Å². The lowest BCUT2D eigenvalue weighted by Crippen LogP contribution is -2.26. The van der Waals surface area contributed by atoms with Crippen molar-refractivity contribution in [2.45, 2.75) is 25.5 Å². The summed E-state index contributed by atoms with van der Waals surface area (Å²) in [6, 6.07) is 3.44. The molecule has 0 spiro atoms. The normalized spacial score (nSPS) is 12.4. The maximum absolute atomic E-state index is 13.4. The minimum absolute atomic E-state index is 0.0598. The molecule has 0 radical (unpaired) electrons. The van der Waals surface area contributed by atoms with E-state index in [1.54, 1.807) is 0 Å². The highest BCUT2D eigenvalue weighted by Gasteiger charge is 2.40. The van der Waals surface area contributed by atoms with Gasteiger partial charge in [-0.2, -0.15) is 39.5 Å². The van der Waals surface area contributed by atoms with Gasteiger partial charge in [0, 0.05) is 6.07 Å². The summed E-state index contributed by atoms with van der Waals surface area (Å²) in [4.78, 5) is 28.0. The van der Waals surface area contributed by atoms with E-state index in [0.29, 0.717) is 4.57 Å². The number of hydrogen-bond acceptors (Lipinski definition) is 5. The molecule has 204 valence electrons. The number of aromatic nitrogens is 2. The fraction of sp³-hybridized carbons (Fsp3) is 0.227. The Morgan fingerprint density at radius 3 is 2.11 bits per heavy atom. The number of anilines is 2. The van der Waals surface area contributed by atoms with Crippen molar-refractivity contribution in [3.63, 3.8) is 0 Å². The Balaban J connectivity index is 2.37. The van der Waals surface area contributed by atoms with Crippen molar-refractivity contribution >= 4 is 29.2 Å². The second kappa shape index (κ2) is 9.85. The summed E-state index contributed by atoms with van der Waals surface area (Å²) in [7, 11) is 1.02. The Morgan fingerprint density at radius 1 is 0.947 bits per heavy atom. The van der Waals surface area contributed by atoms with Gasteiger partial charge in [-0.3, -0.25) is 4.79 Å². The molecule has 0 aliphatic rings. The molecule has 0 fully saturated rings. The number of carbonyl (C=O) groups is 1. The number of halogens is 10. The van der Waals surface area contributed by atoms with Gasteiger partial charge in [0.25, 0.3) is 5.56 Å². The van der Waals surface area contributed by atoms with E-state index in [2.05, 4.69) is 9.72 Å². The first kappa shape index (κ1) is 28.8. The average molecular weight is 574 g/mol. The van der Waals surface area contributed by atoms with Crippen LogP contribution in [0.4, 0.5) is 51.1 Å².